The molecule has 24 heavy (non-hydrogen) atoms. The van der Waals surface area contributed by atoms with Crippen LogP contribution in [0.5, 0.6) is 0 Å². The zero-order valence-electron chi connectivity index (χ0n) is 13.8. The molecule has 1 atom stereocenters. The van der Waals surface area contributed by atoms with Crippen molar-refractivity contribution in [2.45, 2.75) is 43.4 Å². The number of sulfonamides is 1. The molecule has 1 aromatic rings. The fourth-order valence-electron chi connectivity index (χ4n) is 4.30. The quantitative estimate of drug-likeness (QED) is 0.824. The third kappa shape index (κ3) is 2.80. The first-order chi connectivity index (χ1) is 11.5. The minimum absolute atomic E-state index is 0.0786. The third-order valence-corrected chi connectivity index (χ3v) is 8.73. The summed E-state index contributed by atoms with van der Waals surface area (Å²) < 4.78 is 26.8. The summed E-state index contributed by atoms with van der Waals surface area (Å²) in [5.41, 5.74) is 0.0786. The number of piperidine rings is 2. The number of likely N-dealkylation sites (tertiary alicyclic amines) is 1. The first-order valence-electron chi connectivity index (χ1n) is 8.84. The van der Waals surface area contributed by atoms with Crippen molar-refractivity contribution in [3.8, 4) is 0 Å². The van der Waals surface area contributed by atoms with Gasteiger partial charge in [-0.15, -0.1) is 0 Å². The molecule has 1 aliphatic carbocycles. The largest absolute Gasteiger partial charge is 0.342 e. The Bertz CT molecular complexity index is 700. The zero-order valence-corrected chi connectivity index (χ0v) is 15.4. The van der Waals surface area contributed by atoms with Crippen LogP contribution in [0.2, 0.25) is 0 Å². The topological polar surface area (TPSA) is 57.7 Å². The second-order valence-electron chi connectivity index (χ2n) is 7.37. The van der Waals surface area contributed by atoms with E-state index in [4.69, 9.17) is 0 Å². The number of thiophene rings is 1. The Morgan fingerprint density at radius 1 is 1.12 bits per heavy atom. The molecule has 2 aliphatic heterocycles. The number of hydrogen-bond donors (Lipinski definition) is 0. The van der Waals surface area contributed by atoms with Gasteiger partial charge in [-0.3, -0.25) is 4.79 Å². The maximum absolute atomic E-state index is 12.7. The molecule has 1 spiro atoms. The summed E-state index contributed by atoms with van der Waals surface area (Å²) in [5.74, 6) is 0.463. The van der Waals surface area contributed by atoms with Crippen LogP contribution in [0, 0.1) is 11.3 Å². The Morgan fingerprint density at radius 3 is 2.46 bits per heavy atom. The minimum Gasteiger partial charge on any atom is -0.342 e. The van der Waals surface area contributed by atoms with E-state index in [-0.39, 0.29) is 11.3 Å². The molecule has 0 radical (unpaired) electrons. The van der Waals surface area contributed by atoms with E-state index in [1.54, 1.807) is 21.1 Å². The van der Waals surface area contributed by atoms with Crippen molar-refractivity contribution in [1.29, 1.82) is 0 Å². The molecule has 2 saturated heterocycles. The Balaban J connectivity index is 1.38. The first-order valence-corrected chi connectivity index (χ1v) is 11.2. The van der Waals surface area contributed by atoms with Gasteiger partial charge in [0.25, 0.3) is 0 Å². The second-order valence-corrected chi connectivity index (χ2v) is 10.1. The highest BCUT2D eigenvalue weighted by atomic mass is 32.2. The number of carbonyl (C=O) groups excluding carboxylic acids is 1. The van der Waals surface area contributed by atoms with E-state index >= 15 is 0 Å². The van der Waals surface area contributed by atoms with Crippen LogP contribution in [0.1, 0.15) is 38.5 Å². The third-order valence-electron chi connectivity index (χ3n) is 6.01. The van der Waals surface area contributed by atoms with Gasteiger partial charge in [-0.1, -0.05) is 0 Å². The number of amides is 1. The number of hydrogen-bond acceptors (Lipinski definition) is 4. The van der Waals surface area contributed by atoms with Crippen molar-refractivity contribution in [2.75, 3.05) is 26.2 Å². The average molecular weight is 369 g/mol. The Morgan fingerprint density at radius 2 is 1.83 bits per heavy atom. The predicted molar refractivity (Wildman–Crippen MR) is 93.3 cm³/mol. The lowest BCUT2D eigenvalue weighted by Gasteiger charge is -2.33. The van der Waals surface area contributed by atoms with E-state index in [1.807, 2.05) is 4.90 Å². The molecule has 0 N–H and O–H groups in total. The fourth-order valence-corrected chi connectivity index (χ4v) is 6.76. The summed E-state index contributed by atoms with van der Waals surface area (Å²) in [6, 6.07) is 1.67. The summed E-state index contributed by atoms with van der Waals surface area (Å²) in [4.78, 5) is 15.1. The van der Waals surface area contributed by atoms with Crippen LogP contribution < -0.4 is 0 Å². The Kier molecular flexibility index (Phi) is 4.21. The molecular weight excluding hydrogens is 344 g/mol. The number of rotatable bonds is 3. The van der Waals surface area contributed by atoms with E-state index in [0.717, 1.165) is 45.2 Å². The maximum Gasteiger partial charge on any atom is 0.243 e. The summed E-state index contributed by atoms with van der Waals surface area (Å²) >= 11 is 1.41. The van der Waals surface area contributed by atoms with Gasteiger partial charge >= 0.3 is 0 Å². The zero-order chi connectivity index (χ0) is 16.8. The Labute approximate surface area is 147 Å². The first kappa shape index (κ1) is 16.5. The van der Waals surface area contributed by atoms with E-state index < -0.39 is 10.0 Å². The lowest BCUT2D eigenvalue weighted by molar-refractivity contribution is -0.134. The molecule has 3 fully saturated rings. The molecule has 0 aromatic carbocycles. The highest BCUT2D eigenvalue weighted by Crippen LogP contribution is 2.60. The van der Waals surface area contributed by atoms with Crippen LogP contribution >= 0.6 is 11.3 Å². The average Bonchev–Trinajstić information content (AvgIpc) is 3.03. The van der Waals surface area contributed by atoms with Gasteiger partial charge in [0, 0.05) is 37.5 Å². The van der Waals surface area contributed by atoms with Gasteiger partial charge < -0.3 is 4.90 Å². The van der Waals surface area contributed by atoms with Gasteiger partial charge in [0.05, 0.1) is 4.90 Å². The van der Waals surface area contributed by atoms with Crippen molar-refractivity contribution >= 4 is 27.3 Å². The van der Waals surface area contributed by atoms with Crippen LogP contribution in [-0.4, -0.2) is 49.7 Å². The highest BCUT2D eigenvalue weighted by molar-refractivity contribution is 7.89. The molecular formula is C17H24N2O3S2. The molecule has 5 nitrogen and oxygen atoms in total. The van der Waals surface area contributed by atoms with Gasteiger partial charge in [0.15, 0.2) is 0 Å². The van der Waals surface area contributed by atoms with Crippen molar-refractivity contribution in [2.24, 2.45) is 11.3 Å². The molecule has 1 aromatic heterocycles. The van der Waals surface area contributed by atoms with Crippen LogP contribution in [0.4, 0.5) is 0 Å². The van der Waals surface area contributed by atoms with Crippen LogP contribution in [0.25, 0.3) is 0 Å². The fraction of sp³-hybridized carbons (Fsp3) is 0.706. The lowest BCUT2D eigenvalue weighted by Crippen LogP contribution is -2.42. The molecule has 7 heteroatoms. The molecule has 132 valence electrons. The smallest absolute Gasteiger partial charge is 0.243 e. The number of carbonyl (C=O) groups is 1. The molecule has 3 aliphatic rings. The van der Waals surface area contributed by atoms with Crippen molar-refractivity contribution in [3.05, 3.63) is 16.8 Å². The second kappa shape index (κ2) is 6.11. The summed E-state index contributed by atoms with van der Waals surface area (Å²) in [7, 11) is -3.35. The molecule has 1 unspecified atom stereocenters. The molecule has 1 saturated carbocycles. The van der Waals surface area contributed by atoms with Gasteiger partial charge in [-0.25, -0.2) is 8.42 Å². The molecule has 3 heterocycles. The van der Waals surface area contributed by atoms with Gasteiger partial charge in [-0.05, 0) is 55.4 Å². The van der Waals surface area contributed by atoms with Gasteiger partial charge in [0.1, 0.15) is 0 Å². The van der Waals surface area contributed by atoms with Gasteiger partial charge in [-0.2, -0.15) is 15.6 Å². The minimum atomic E-state index is -3.35. The Hall–Kier alpha value is -0.920. The molecule has 4 rings (SSSR count). The van der Waals surface area contributed by atoms with E-state index in [9.17, 15) is 13.2 Å². The summed E-state index contributed by atoms with van der Waals surface area (Å²) in [5, 5.41) is 3.49. The SMILES string of the molecule is O=C(C1CC12CCN(S(=O)(=O)c1ccsc1)CC2)N1CCCCC1. The number of nitrogens with zero attached hydrogens (tertiary/aromatic N) is 2. The predicted octanol–water partition coefficient (Wildman–Crippen LogP) is 2.55. The van der Waals surface area contributed by atoms with E-state index in [1.165, 1.54) is 17.8 Å². The maximum atomic E-state index is 12.7. The molecule has 0 bridgehead atoms. The van der Waals surface area contributed by atoms with E-state index in [0.29, 0.717) is 23.9 Å². The normalized spacial score (nSPS) is 27.3. The van der Waals surface area contributed by atoms with Crippen LogP contribution in [0.3, 0.4) is 0 Å². The monoisotopic (exact) mass is 368 g/mol. The van der Waals surface area contributed by atoms with Crippen molar-refractivity contribution < 1.29 is 13.2 Å². The standard InChI is InChI=1S/C17H24N2O3S2/c20-16(18-7-2-1-3-8-18)15-12-17(15)5-9-19(10-6-17)24(21,22)14-4-11-23-13-14/h4,11,13,15H,1-3,5-10,12H2. The summed E-state index contributed by atoms with van der Waals surface area (Å²) in [6.07, 6.45) is 6.07. The van der Waals surface area contributed by atoms with Crippen LogP contribution in [-0.2, 0) is 14.8 Å². The van der Waals surface area contributed by atoms with Crippen molar-refractivity contribution in [3.63, 3.8) is 0 Å². The summed E-state index contributed by atoms with van der Waals surface area (Å²) in [6.45, 7) is 2.90. The highest BCUT2D eigenvalue weighted by Gasteiger charge is 2.60. The van der Waals surface area contributed by atoms with Crippen molar-refractivity contribution in [1.82, 2.24) is 9.21 Å². The van der Waals surface area contributed by atoms with E-state index in [2.05, 4.69) is 0 Å². The molecule has 1 amide bonds. The lowest BCUT2D eigenvalue weighted by atomic mass is 9.91. The van der Waals surface area contributed by atoms with Gasteiger partial charge in [0.2, 0.25) is 15.9 Å². The van der Waals surface area contributed by atoms with Crippen LogP contribution in [0.15, 0.2) is 21.7 Å².